The van der Waals surface area contributed by atoms with E-state index in [1.165, 1.54) is 18.9 Å². The third kappa shape index (κ3) is 3.88. The third-order valence-electron chi connectivity index (χ3n) is 2.34. The van der Waals surface area contributed by atoms with Crippen molar-refractivity contribution in [3.05, 3.63) is 29.0 Å². The van der Waals surface area contributed by atoms with Gasteiger partial charge in [-0.05, 0) is 25.1 Å². The zero-order valence-corrected chi connectivity index (χ0v) is 12.5. The monoisotopic (exact) mass is 312 g/mol. The van der Waals surface area contributed by atoms with Gasteiger partial charge in [-0.1, -0.05) is 23.4 Å². The smallest absolute Gasteiger partial charge is 0.234 e. The van der Waals surface area contributed by atoms with Crippen LogP contribution in [0.15, 0.2) is 23.4 Å². The Hall–Kier alpha value is -1.73. The van der Waals surface area contributed by atoms with Gasteiger partial charge in [-0.3, -0.25) is 9.89 Å². The number of anilines is 1. The van der Waals surface area contributed by atoms with Gasteiger partial charge >= 0.3 is 0 Å². The number of H-pyrrole nitrogens is 1. The molecule has 0 unspecified atom stereocenters. The van der Waals surface area contributed by atoms with Crippen LogP contribution in [0.1, 0.15) is 5.82 Å². The first-order valence-electron chi connectivity index (χ1n) is 5.73. The molecule has 20 heavy (non-hydrogen) atoms. The number of carbonyl (C=O) groups excluding carboxylic acids is 1. The van der Waals surface area contributed by atoms with E-state index in [1.54, 1.807) is 25.1 Å². The summed E-state index contributed by atoms with van der Waals surface area (Å²) >= 11 is 7.24. The van der Waals surface area contributed by atoms with Gasteiger partial charge in [-0.15, -0.1) is 5.10 Å². The van der Waals surface area contributed by atoms with Gasteiger partial charge < -0.3 is 10.1 Å². The standard InChI is InChI=1S/C12H13ClN4O2S/c1-7-14-12(17-16-7)20-6-11(18)15-8-3-4-10(19-2)9(13)5-8/h3-5H,6H2,1-2H3,(H,15,18)(H,14,16,17). The van der Waals surface area contributed by atoms with Crippen molar-refractivity contribution < 1.29 is 9.53 Å². The lowest BCUT2D eigenvalue weighted by molar-refractivity contribution is -0.113. The molecule has 2 N–H and O–H groups in total. The zero-order valence-electron chi connectivity index (χ0n) is 10.9. The van der Waals surface area contributed by atoms with Crippen molar-refractivity contribution in [1.82, 2.24) is 15.2 Å². The highest BCUT2D eigenvalue weighted by Gasteiger charge is 2.08. The van der Waals surface area contributed by atoms with Gasteiger partial charge in [0.1, 0.15) is 11.6 Å². The Morgan fingerprint density at radius 1 is 1.55 bits per heavy atom. The highest BCUT2D eigenvalue weighted by atomic mass is 35.5. The highest BCUT2D eigenvalue weighted by Crippen LogP contribution is 2.27. The zero-order chi connectivity index (χ0) is 14.5. The second-order valence-corrected chi connectivity index (χ2v) is 5.24. The summed E-state index contributed by atoms with van der Waals surface area (Å²) in [5.41, 5.74) is 0.618. The number of hydrogen-bond acceptors (Lipinski definition) is 5. The number of hydrogen-bond donors (Lipinski definition) is 2. The van der Waals surface area contributed by atoms with Crippen molar-refractivity contribution in [1.29, 1.82) is 0 Å². The van der Waals surface area contributed by atoms with Crippen molar-refractivity contribution in [3.63, 3.8) is 0 Å². The van der Waals surface area contributed by atoms with Crippen LogP contribution in [0.3, 0.4) is 0 Å². The van der Waals surface area contributed by atoms with Gasteiger partial charge in [0, 0.05) is 5.69 Å². The van der Waals surface area contributed by atoms with E-state index in [-0.39, 0.29) is 11.7 Å². The van der Waals surface area contributed by atoms with E-state index in [1.807, 2.05) is 0 Å². The summed E-state index contributed by atoms with van der Waals surface area (Å²) < 4.78 is 5.04. The Balaban J connectivity index is 1.89. The minimum absolute atomic E-state index is 0.154. The predicted molar refractivity (Wildman–Crippen MR) is 78.5 cm³/mol. The van der Waals surface area contributed by atoms with Crippen LogP contribution in [0.4, 0.5) is 5.69 Å². The molecule has 6 nitrogen and oxygen atoms in total. The first kappa shape index (κ1) is 14.7. The molecule has 0 spiro atoms. The Labute approximate surface area is 125 Å². The minimum atomic E-state index is -0.154. The molecule has 8 heteroatoms. The summed E-state index contributed by atoms with van der Waals surface area (Å²) in [4.78, 5) is 15.9. The molecule has 0 bridgehead atoms. The topological polar surface area (TPSA) is 79.9 Å². The molecule has 1 heterocycles. The molecule has 0 fully saturated rings. The normalized spacial score (nSPS) is 10.3. The average molecular weight is 313 g/mol. The fourth-order valence-electron chi connectivity index (χ4n) is 1.46. The molecule has 0 saturated heterocycles. The minimum Gasteiger partial charge on any atom is -0.495 e. The fraction of sp³-hybridized carbons (Fsp3) is 0.250. The molecule has 2 aromatic rings. The number of nitrogens with one attached hydrogen (secondary N) is 2. The number of aryl methyl sites for hydroxylation is 1. The second kappa shape index (κ2) is 6.62. The number of carbonyl (C=O) groups is 1. The number of amides is 1. The van der Waals surface area contributed by atoms with Crippen molar-refractivity contribution in [2.24, 2.45) is 0 Å². The highest BCUT2D eigenvalue weighted by molar-refractivity contribution is 7.99. The lowest BCUT2D eigenvalue weighted by Crippen LogP contribution is -2.14. The summed E-state index contributed by atoms with van der Waals surface area (Å²) in [6, 6.07) is 5.06. The van der Waals surface area contributed by atoms with Gasteiger partial charge in [0.05, 0.1) is 17.9 Å². The second-order valence-electron chi connectivity index (χ2n) is 3.89. The quantitative estimate of drug-likeness (QED) is 0.829. The molecule has 0 aliphatic heterocycles. The average Bonchev–Trinajstić information content (AvgIpc) is 2.82. The number of benzene rings is 1. The first-order valence-corrected chi connectivity index (χ1v) is 7.10. The van der Waals surface area contributed by atoms with E-state index < -0.39 is 0 Å². The molecule has 0 aliphatic carbocycles. The summed E-state index contributed by atoms with van der Waals surface area (Å²) in [7, 11) is 1.54. The van der Waals surface area contributed by atoms with Gasteiger partial charge in [0.2, 0.25) is 11.1 Å². The molecule has 0 radical (unpaired) electrons. The van der Waals surface area contributed by atoms with Crippen LogP contribution in [0.2, 0.25) is 5.02 Å². The molecule has 0 atom stereocenters. The summed E-state index contributed by atoms with van der Waals surface area (Å²) in [6.07, 6.45) is 0. The van der Waals surface area contributed by atoms with Crippen molar-refractivity contribution in [3.8, 4) is 5.75 Å². The Bertz CT molecular complexity index is 617. The van der Waals surface area contributed by atoms with Crippen LogP contribution in [0, 0.1) is 6.92 Å². The molecule has 106 valence electrons. The van der Waals surface area contributed by atoms with Crippen LogP contribution in [0.5, 0.6) is 5.75 Å². The maximum Gasteiger partial charge on any atom is 0.234 e. The Morgan fingerprint density at radius 2 is 2.35 bits per heavy atom. The number of aromatic nitrogens is 3. The Kier molecular flexibility index (Phi) is 4.86. The Morgan fingerprint density at radius 3 is 2.95 bits per heavy atom. The number of methoxy groups -OCH3 is 1. The number of rotatable bonds is 5. The van der Waals surface area contributed by atoms with Gasteiger partial charge in [0.25, 0.3) is 0 Å². The van der Waals surface area contributed by atoms with Gasteiger partial charge in [-0.25, -0.2) is 4.98 Å². The maximum absolute atomic E-state index is 11.8. The van der Waals surface area contributed by atoms with E-state index in [4.69, 9.17) is 16.3 Å². The number of halogens is 1. The summed E-state index contributed by atoms with van der Waals surface area (Å²) in [5, 5.41) is 10.4. The molecule has 0 saturated carbocycles. The van der Waals surface area contributed by atoms with Crippen LogP contribution < -0.4 is 10.1 Å². The number of thioether (sulfide) groups is 1. The van der Waals surface area contributed by atoms with E-state index >= 15 is 0 Å². The molecule has 2 rings (SSSR count). The number of ether oxygens (including phenoxy) is 1. The molecule has 1 aromatic carbocycles. The first-order chi connectivity index (χ1) is 9.58. The van der Waals surface area contributed by atoms with Crippen molar-refractivity contribution >= 4 is 35.0 Å². The largest absolute Gasteiger partial charge is 0.495 e. The predicted octanol–water partition coefficient (Wildman–Crippen LogP) is 2.51. The molecule has 0 aliphatic rings. The molecule has 1 aromatic heterocycles. The van der Waals surface area contributed by atoms with E-state index in [2.05, 4.69) is 20.5 Å². The van der Waals surface area contributed by atoms with E-state index in [0.29, 0.717) is 21.6 Å². The third-order valence-corrected chi connectivity index (χ3v) is 3.49. The fourth-order valence-corrected chi connectivity index (χ4v) is 2.36. The van der Waals surface area contributed by atoms with Crippen LogP contribution >= 0.6 is 23.4 Å². The van der Waals surface area contributed by atoms with Crippen LogP contribution in [-0.4, -0.2) is 34.0 Å². The van der Waals surface area contributed by atoms with Gasteiger partial charge in [0.15, 0.2) is 0 Å². The van der Waals surface area contributed by atoms with Crippen molar-refractivity contribution in [2.45, 2.75) is 12.1 Å². The SMILES string of the molecule is COc1ccc(NC(=O)CSc2n[nH]c(C)n2)cc1Cl. The van der Waals surface area contributed by atoms with Crippen LogP contribution in [-0.2, 0) is 4.79 Å². The van der Waals surface area contributed by atoms with Crippen LogP contribution in [0.25, 0.3) is 0 Å². The summed E-state index contributed by atoms with van der Waals surface area (Å²) in [6.45, 7) is 1.80. The molecule has 1 amide bonds. The number of nitrogens with zero attached hydrogens (tertiary/aromatic N) is 2. The van der Waals surface area contributed by atoms with E-state index in [0.717, 1.165) is 5.82 Å². The lowest BCUT2D eigenvalue weighted by atomic mass is 10.3. The summed E-state index contributed by atoms with van der Waals surface area (Å²) in [5.74, 6) is 1.35. The van der Waals surface area contributed by atoms with Gasteiger partial charge in [-0.2, -0.15) is 0 Å². The van der Waals surface area contributed by atoms with Crippen molar-refractivity contribution in [2.75, 3.05) is 18.2 Å². The number of aromatic amines is 1. The molecular formula is C12H13ClN4O2S. The van der Waals surface area contributed by atoms with E-state index in [9.17, 15) is 4.79 Å². The lowest BCUT2D eigenvalue weighted by Gasteiger charge is -2.07. The molecular weight excluding hydrogens is 300 g/mol. The maximum atomic E-state index is 11.8.